The molecule has 0 spiro atoms. The molecule has 0 bridgehead atoms. The number of fused-ring (bicyclic) bond motifs is 2. The summed E-state index contributed by atoms with van der Waals surface area (Å²) in [6.07, 6.45) is -1.29. The van der Waals surface area contributed by atoms with Gasteiger partial charge in [0.25, 0.3) is 5.69 Å². The van der Waals surface area contributed by atoms with Crippen LogP contribution in [-0.4, -0.2) is 110 Å². The molecule has 20 nitrogen and oxygen atoms in total. The van der Waals surface area contributed by atoms with Crippen LogP contribution in [0.15, 0.2) is 48.5 Å². The fraction of sp³-hybridized carbons (Fsp3) is 0.457. The number of nitro groups is 1. The number of carbonyl (C=O) groups is 7. The number of non-ortho nitro benzene ring substituents is 1. The van der Waals surface area contributed by atoms with Gasteiger partial charge in [-0.05, 0) is 63.1 Å². The van der Waals surface area contributed by atoms with E-state index in [0.29, 0.717) is 5.56 Å². The Morgan fingerprint density at radius 3 is 2.12 bits per heavy atom. The largest absolute Gasteiger partial charge is 0.445 e. The van der Waals surface area contributed by atoms with E-state index in [0.717, 1.165) is 4.90 Å². The van der Waals surface area contributed by atoms with E-state index in [1.165, 1.54) is 86.0 Å². The first-order valence-electron chi connectivity index (χ1n) is 17.3. The number of nitrogens with zero attached hydrogens (tertiary/aromatic N) is 3. The Hall–Kier alpha value is -5.77. The second-order valence-electron chi connectivity index (χ2n) is 14.5. The van der Waals surface area contributed by atoms with Crippen LogP contribution in [0.3, 0.4) is 0 Å². The zero-order valence-corrected chi connectivity index (χ0v) is 32.6. The van der Waals surface area contributed by atoms with Crippen molar-refractivity contribution in [1.82, 2.24) is 20.4 Å². The van der Waals surface area contributed by atoms with Crippen molar-refractivity contribution in [2.24, 2.45) is 0 Å². The lowest BCUT2D eigenvalue weighted by Crippen LogP contribution is -2.71. The Balaban J connectivity index is 1.09. The van der Waals surface area contributed by atoms with Gasteiger partial charge in [0.05, 0.1) is 16.1 Å². The van der Waals surface area contributed by atoms with Crippen LogP contribution in [0.5, 0.6) is 5.75 Å². The fourth-order valence-corrected chi connectivity index (χ4v) is 10.8. The van der Waals surface area contributed by atoms with E-state index in [-0.39, 0.29) is 30.0 Å². The third kappa shape index (κ3) is 7.45. The summed E-state index contributed by atoms with van der Waals surface area (Å²) in [4.78, 5) is 103. The molecule has 2 N–H and O–H groups in total. The molecule has 304 valence electrons. The number of β-lactam (4-membered cyclic amide) rings is 2. The lowest BCUT2D eigenvalue weighted by molar-refractivity contribution is -0.384. The van der Waals surface area contributed by atoms with Crippen molar-refractivity contribution >= 4 is 69.0 Å². The summed E-state index contributed by atoms with van der Waals surface area (Å²) < 4.78 is 43.7. The number of alkyl carbamates (subject to hydrolysis) is 1. The highest BCUT2D eigenvalue weighted by atomic mass is 32.2. The van der Waals surface area contributed by atoms with Crippen LogP contribution in [-0.2, 0) is 59.4 Å². The molecule has 0 radical (unpaired) electrons. The Labute approximate surface area is 328 Å². The molecule has 4 amide bonds. The molecule has 4 aliphatic heterocycles. The monoisotopic (exact) mass is 831 g/mol. The van der Waals surface area contributed by atoms with Crippen LogP contribution in [0.25, 0.3) is 0 Å². The number of carbonyl (C=O) groups excluding carboxylic acids is 7. The van der Waals surface area contributed by atoms with E-state index in [1.807, 2.05) is 0 Å². The van der Waals surface area contributed by atoms with Crippen molar-refractivity contribution < 1.29 is 65.9 Å². The van der Waals surface area contributed by atoms with E-state index < -0.39 is 108 Å². The van der Waals surface area contributed by atoms with Crippen molar-refractivity contribution in [2.75, 3.05) is 6.79 Å². The smallest absolute Gasteiger partial charge is 0.408 e. The molecule has 4 heterocycles. The Bertz CT molecular complexity index is 2160. The number of ether oxygens (including phenoxy) is 4. The Kier molecular flexibility index (Phi) is 10.7. The summed E-state index contributed by atoms with van der Waals surface area (Å²) in [6.45, 7) is 5.92. The quantitative estimate of drug-likeness (QED) is 0.0760. The molecule has 0 aliphatic carbocycles. The Morgan fingerprint density at radius 2 is 1.54 bits per heavy atom. The zero-order chi connectivity index (χ0) is 41.8. The number of benzene rings is 2. The maximum atomic E-state index is 13.8. The number of rotatable bonds is 12. The number of nitro benzene ring substituents is 1. The minimum atomic E-state index is -3.88. The maximum absolute atomic E-state index is 13.8. The molecule has 0 aromatic heterocycles. The van der Waals surface area contributed by atoms with Crippen LogP contribution in [0.1, 0.15) is 58.2 Å². The van der Waals surface area contributed by atoms with E-state index in [9.17, 15) is 52.1 Å². The molecule has 0 saturated carbocycles. The minimum absolute atomic E-state index is 0.156. The van der Waals surface area contributed by atoms with Gasteiger partial charge < -0.3 is 39.4 Å². The first-order valence-corrected chi connectivity index (χ1v) is 19.7. The van der Waals surface area contributed by atoms with Crippen LogP contribution < -0.4 is 15.4 Å². The van der Waals surface area contributed by atoms with E-state index in [2.05, 4.69) is 10.6 Å². The number of amides is 4. The molecular formula is C35H37N5O15S2. The molecule has 2 aromatic rings. The second kappa shape index (κ2) is 15.0. The fourth-order valence-electron chi connectivity index (χ4n) is 7.09. The van der Waals surface area contributed by atoms with Gasteiger partial charge in [-0.1, -0.05) is 12.1 Å². The highest BCUT2D eigenvalue weighted by molar-refractivity contribution is 8.01. The minimum Gasteiger partial charge on any atom is -0.445 e. The van der Waals surface area contributed by atoms with Gasteiger partial charge in [-0.2, -0.15) is 0 Å². The van der Waals surface area contributed by atoms with Gasteiger partial charge in [-0.25, -0.2) is 22.8 Å². The second-order valence-corrected chi connectivity index (χ2v) is 19.0. The number of sulfone groups is 1. The molecule has 1 unspecified atom stereocenters. The number of esters is 3. The third-order valence-electron chi connectivity index (χ3n) is 10.1. The number of hydrogen-bond donors (Lipinski definition) is 2. The van der Waals surface area contributed by atoms with Crippen molar-refractivity contribution in [3.8, 4) is 5.75 Å². The van der Waals surface area contributed by atoms with Crippen molar-refractivity contribution in [3.05, 3.63) is 69.8 Å². The topological polar surface area (TPSA) is 264 Å². The van der Waals surface area contributed by atoms with Gasteiger partial charge in [0.15, 0.2) is 9.84 Å². The van der Waals surface area contributed by atoms with Crippen LogP contribution in [0.2, 0.25) is 0 Å². The molecule has 4 fully saturated rings. The van der Waals surface area contributed by atoms with Crippen LogP contribution in [0, 0.1) is 10.1 Å². The summed E-state index contributed by atoms with van der Waals surface area (Å²) in [7, 11) is -3.88. The van der Waals surface area contributed by atoms with E-state index in [1.54, 1.807) is 13.8 Å². The summed E-state index contributed by atoms with van der Waals surface area (Å²) in [6, 6.07) is 5.59. The average molecular weight is 832 g/mol. The Morgan fingerprint density at radius 1 is 0.930 bits per heavy atom. The third-order valence-corrected chi connectivity index (χ3v) is 14.5. The highest BCUT2D eigenvalue weighted by Crippen LogP contribution is 2.51. The summed E-state index contributed by atoms with van der Waals surface area (Å²) in [5.74, 6) is -4.48. The lowest BCUT2D eigenvalue weighted by Gasteiger charge is -2.44. The van der Waals surface area contributed by atoms with Crippen molar-refractivity contribution in [3.63, 3.8) is 0 Å². The molecule has 57 heavy (non-hydrogen) atoms. The summed E-state index contributed by atoms with van der Waals surface area (Å²) in [5.41, 5.74) is 0.467. The zero-order valence-electron chi connectivity index (χ0n) is 31.0. The molecule has 6 atom stereocenters. The van der Waals surface area contributed by atoms with Gasteiger partial charge in [0.1, 0.15) is 47.3 Å². The molecule has 4 aliphatic rings. The van der Waals surface area contributed by atoms with Crippen molar-refractivity contribution in [1.29, 1.82) is 0 Å². The van der Waals surface area contributed by atoms with Gasteiger partial charge in [-0.3, -0.25) is 29.3 Å². The van der Waals surface area contributed by atoms with Crippen LogP contribution >= 0.6 is 11.8 Å². The SMILES string of the molecule is CC(=O)Oc1ccc(C(NC(=O)OCc2ccc([N+](=O)[O-])cc2)C(=O)N[C@@H]2C(=O)N3[C@@H]2SC(C)(C)[C@@H]3C(=O)OCOC(=O)[C@@H]2N3C(=O)C[C@H]3S(=O)(=O)C2(C)C)cc1. The van der Waals surface area contributed by atoms with Gasteiger partial charge in [0.2, 0.25) is 24.5 Å². The first kappa shape index (κ1) is 40.9. The molecular weight excluding hydrogens is 795 g/mol. The number of hydrogen-bond acceptors (Lipinski definition) is 16. The summed E-state index contributed by atoms with van der Waals surface area (Å²) in [5, 5.41) is 14.1. The highest BCUT2D eigenvalue weighted by Gasteiger charge is 2.68. The van der Waals surface area contributed by atoms with Crippen LogP contribution in [0.4, 0.5) is 10.5 Å². The van der Waals surface area contributed by atoms with Gasteiger partial charge in [0, 0.05) is 23.8 Å². The standard InChI is InChI=1S/C35H37N5O15S2/c1-17(41)55-21-12-8-19(9-13-21)24(37-33(47)52-15-18-6-10-20(11-7-18)40(48)49)28(43)36-25-29(44)39-26(34(2,3)56-30(25)39)31(45)53-16-54-32(46)27-35(4,5)57(50,51)23-14-22(42)38(23)27/h6-13,23-27,30H,14-16H2,1-5H3,(H,36,43)(H,37,47)/t23-,24?,25-,26+,27+,30-/m1/s1. The van der Waals surface area contributed by atoms with E-state index in [4.69, 9.17) is 18.9 Å². The summed E-state index contributed by atoms with van der Waals surface area (Å²) >= 11 is 1.18. The molecule has 22 heteroatoms. The average Bonchev–Trinajstić information content (AvgIpc) is 3.46. The van der Waals surface area contributed by atoms with Gasteiger partial charge >= 0.3 is 24.0 Å². The predicted molar refractivity (Wildman–Crippen MR) is 194 cm³/mol. The molecule has 2 aromatic carbocycles. The normalized spacial score (nSPS) is 25.0. The van der Waals surface area contributed by atoms with Crippen molar-refractivity contribution in [2.45, 2.75) is 92.1 Å². The maximum Gasteiger partial charge on any atom is 0.408 e. The predicted octanol–water partition coefficient (Wildman–Crippen LogP) is 1.21. The lowest BCUT2D eigenvalue weighted by atomic mass is 9.95. The van der Waals surface area contributed by atoms with Gasteiger partial charge in [-0.15, -0.1) is 11.8 Å². The molecule has 6 rings (SSSR count). The number of nitrogens with one attached hydrogen (secondary N) is 2. The first-order chi connectivity index (χ1) is 26.6. The molecule has 4 saturated heterocycles. The van der Waals surface area contributed by atoms with E-state index >= 15 is 0 Å². The number of thioether (sulfide) groups is 1.